The average Bonchev–Trinajstić information content (AvgIpc) is 3.23. The molecule has 166 valence electrons. The molecule has 6 nitrogen and oxygen atoms in total. The van der Waals surface area contributed by atoms with E-state index in [1.54, 1.807) is 24.3 Å². The van der Waals surface area contributed by atoms with Gasteiger partial charge in [0, 0.05) is 17.6 Å². The van der Waals surface area contributed by atoms with Gasteiger partial charge in [0.2, 0.25) is 11.8 Å². The first-order valence-electron chi connectivity index (χ1n) is 10.1. The topological polar surface area (TPSA) is 67.2 Å². The molecule has 1 unspecified atom stereocenters. The van der Waals surface area contributed by atoms with Crippen molar-refractivity contribution >= 4 is 23.2 Å². The number of aryl methyl sites for hydroxylation is 2. The van der Waals surface area contributed by atoms with E-state index in [-0.39, 0.29) is 5.91 Å². The highest BCUT2D eigenvalue weighted by Crippen LogP contribution is 2.32. The van der Waals surface area contributed by atoms with Crippen molar-refractivity contribution in [3.05, 3.63) is 77.6 Å². The van der Waals surface area contributed by atoms with E-state index >= 15 is 0 Å². The average molecular weight is 442 g/mol. The molecule has 0 aliphatic carbocycles. The molecule has 1 N–H and O–H groups in total. The number of nitrogens with one attached hydrogen (secondary N) is 1. The van der Waals surface area contributed by atoms with Gasteiger partial charge in [-0.15, -0.1) is 0 Å². The molecule has 0 spiro atoms. The molecule has 2 heterocycles. The van der Waals surface area contributed by atoms with Crippen LogP contribution >= 0.6 is 0 Å². The SMILES string of the molecule is Cc1ccc(NC(=O)C2CCc3ccccc3N2C(=O)Cn2ccc(C(F)(F)F)n2)cc1. The molecule has 1 aliphatic rings. The summed E-state index contributed by atoms with van der Waals surface area (Å²) in [5.74, 6) is -0.869. The van der Waals surface area contributed by atoms with Gasteiger partial charge in [0.1, 0.15) is 12.6 Å². The number of hydrogen-bond donors (Lipinski definition) is 1. The Bertz CT molecular complexity index is 1140. The normalized spacial score (nSPS) is 15.9. The molecule has 0 radical (unpaired) electrons. The molecule has 0 fully saturated rings. The maximum Gasteiger partial charge on any atom is 0.435 e. The van der Waals surface area contributed by atoms with Crippen LogP contribution in [0.3, 0.4) is 0 Å². The second kappa shape index (κ2) is 8.49. The van der Waals surface area contributed by atoms with Crippen LogP contribution in [-0.2, 0) is 28.7 Å². The summed E-state index contributed by atoms with van der Waals surface area (Å²) in [5.41, 5.74) is 2.06. The fourth-order valence-electron chi connectivity index (χ4n) is 3.78. The van der Waals surface area contributed by atoms with Gasteiger partial charge in [0.25, 0.3) is 0 Å². The molecule has 9 heteroatoms. The van der Waals surface area contributed by atoms with Crippen molar-refractivity contribution in [2.75, 3.05) is 10.2 Å². The predicted molar refractivity (Wildman–Crippen MR) is 113 cm³/mol. The molecule has 2 amide bonds. The molecule has 3 aromatic rings. The lowest BCUT2D eigenvalue weighted by molar-refractivity contribution is -0.141. The number of rotatable bonds is 4. The number of amides is 2. The molecule has 2 aromatic carbocycles. The Morgan fingerprint density at radius 1 is 1.09 bits per heavy atom. The maximum atomic E-state index is 13.2. The van der Waals surface area contributed by atoms with Gasteiger partial charge >= 0.3 is 6.18 Å². The van der Waals surface area contributed by atoms with Crippen molar-refractivity contribution in [1.82, 2.24) is 9.78 Å². The zero-order valence-corrected chi connectivity index (χ0v) is 17.3. The maximum absolute atomic E-state index is 13.2. The third-order valence-corrected chi connectivity index (χ3v) is 5.37. The smallest absolute Gasteiger partial charge is 0.324 e. The van der Waals surface area contributed by atoms with Crippen molar-refractivity contribution < 1.29 is 22.8 Å². The minimum Gasteiger partial charge on any atom is -0.324 e. The number of fused-ring (bicyclic) bond motifs is 1. The zero-order chi connectivity index (χ0) is 22.9. The number of nitrogens with zero attached hydrogens (tertiary/aromatic N) is 3. The lowest BCUT2D eigenvalue weighted by atomic mass is 9.95. The number of anilines is 2. The van der Waals surface area contributed by atoms with E-state index in [0.29, 0.717) is 24.2 Å². The van der Waals surface area contributed by atoms with Crippen LogP contribution in [0.1, 0.15) is 23.2 Å². The molecule has 4 rings (SSSR count). The fourth-order valence-corrected chi connectivity index (χ4v) is 3.78. The molecule has 32 heavy (non-hydrogen) atoms. The molecule has 1 aromatic heterocycles. The number of aromatic nitrogens is 2. The minimum absolute atomic E-state index is 0.354. The van der Waals surface area contributed by atoms with Gasteiger partial charge in [-0.2, -0.15) is 18.3 Å². The van der Waals surface area contributed by atoms with Crippen LogP contribution in [0, 0.1) is 6.92 Å². The van der Waals surface area contributed by atoms with Crippen LogP contribution in [0.2, 0.25) is 0 Å². The summed E-state index contributed by atoms with van der Waals surface area (Å²) >= 11 is 0. The van der Waals surface area contributed by atoms with Crippen LogP contribution in [0.15, 0.2) is 60.8 Å². The number of hydrogen-bond acceptors (Lipinski definition) is 3. The Morgan fingerprint density at radius 2 is 1.81 bits per heavy atom. The van der Waals surface area contributed by atoms with Gasteiger partial charge in [0.05, 0.1) is 0 Å². The van der Waals surface area contributed by atoms with Crippen LogP contribution in [0.5, 0.6) is 0 Å². The largest absolute Gasteiger partial charge is 0.435 e. The number of carbonyl (C=O) groups is 2. The lowest BCUT2D eigenvalue weighted by Gasteiger charge is -2.36. The zero-order valence-electron chi connectivity index (χ0n) is 17.3. The monoisotopic (exact) mass is 442 g/mol. The van der Waals surface area contributed by atoms with Gasteiger partial charge in [-0.05, 0) is 49.6 Å². The van der Waals surface area contributed by atoms with E-state index < -0.39 is 30.4 Å². The lowest BCUT2D eigenvalue weighted by Crippen LogP contribution is -2.51. The summed E-state index contributed by atoms with van der Waals surface area (Å²) in [7, 11) is 0. The fraction of sp³-hybridized carbons (Fsp3) is 0.261. The molecular formula is C23H21F3N4O2. The summed E-state index contributed by atoms with van der Waals surface area (Å²) in [4.78, 5) is 27.7. The third kappa shape index (κ3) is 4.51. The van der Waals surface area contributed by atoms with Crippen LogP contribution < -0.4 is 10.2 Å². The quantitative estimate of drug-likeness (QED) is 0.659. The van der Waals surface area contributed by atoms with E-state index in [0.717, 1.165) is 28.1 Å². The van der Waals surface area contributed by atoms with Crippen LogP contribution in [0.4, 0.5) is 24.5 Å². The summed E-state index contributed by atoms with van der Waals surface area (Å²) in [6, 6.07) is 14.5. The molecular weight excluding hydrogens is 421 g/mol. The van der Waals surface area contributed by atoms with E-state index in [2.05, 4.69) is 10.4 Å². The molecule has 0 saturated carbocycles. The van der Waals surface area contributed by atoms with Gasteiger partial charge in [-0.25, -0.2) is 0 Å². The summed E-state index contributed by atoms with van der Waals surface area (Å²) in [5, 5.41) is 6.30. The Morgan fingerprint density at radius 3 is 2.50 bits per heavy atom. The van der Waals surface area contributed by atoms with Crippen molar-refractivity contribution in [1.29, 1.82) is 0 Å². The van der Waals surface area contributed by atoms with Gasteiger partial charge in [-0.3, -0.25) is 19.2 Å². The van der Waals surface area contributed by atoms with Crippen molar-refractivity contribution in [2.24, 2.45) is 0 Å². The standard InChI is InChI=1S/C23H21F3N4O2/c1-15-6-9-17(10-7-15)27-22(32)19-11-8-16-4-2-3-5-18(16)30(19)21(31)14-29-13-12-20(28-29)23(24,25)26/h2-7,9-10,12-13,19H,8,11,14H2,1H3,(H,27,32). The number of carbonyl (C=O) groups excluding carboxylic acids is 2. The van der Waals surface area contributed by atoms with Gasteiger partial charge in [0.15, 0.2) is 5.69 Å². The predicted octanol–water partition coefficient (Wildman–Crippen LogP) is 4.20. The highest BCUT2D eigenvalue weighted by molar-refractivity contribution is 6.05. The Balaban J connectivity index is 1.60. The van der Waals surface area contributed by atoms with Crippen molar-refractivity contribution in [3.8, 4) is 0 Å². The first-order valence-corrected chi connectivity index (χ1v) is 10.1. The van der Waals surface area contributed by atoms with E-state index in [1.165, 1.54) is 4.90 Å². The van der Waals surface area contributed by atoms with Crippen LogP contribution in [-0.4, -0.2) is 27.6 Å². The number of halogens is 3. The second-order valence-corrected chi connectivity index (χ2v) is 7.70. The number of alkyl halides is 3. The summed E-state index contributed by atoms with van der Waals surface area (Å²) < 4.78 is 39.5. The molecule has 1 aliphatic heterocycles. The van der Waals surface area contributed by atoms with Crippen molar-refractivity contribution in [2.45, 2.75) is 38.5 Å². The summed E-state index contributed by atoms with van der Waals surface area (Å²) in [6.45, 7) is 1.52. The van der Waals surface area contributed by atoms with E-state index in [1.807, 2.05) is 31.2 Å². The van der Waals surface area contributed by atoms with Crippen molar-refractivity contribution in [3.63, 3.8) is 0 Å². The molecule has 1 atom stereocenters. The van der Waals surface area contributed by atoms with Gasteiger partial charge in [-0.1, -0.05) is 35.9 Å². The number of benzene rings is 2. The summed E-state index contributed by atoms with van der Waals surface area (Å²) in [6.07, 6.45) is -2.49. The van der Waals surface area contributed by atoms with E-state index in [4.69, 9.17) is 0 Å². The number of para-hydroxylation sites is 1. The molecule has 0 bridgehead atoms. The minimum atomic E-state index is -4.59. The van der Waals surface area contributed by atoms with E-state index in [9.17, 15) is 22.8 Å². The first-order chi connectivity index (χ1) is 15.2. The highest BCUT2D eigenvalue weighted by Gasteiger charge is 2.37. The first kappa shape index (κ1) is 21.6. The third-order valence-electron chi connectivity index (χ3n) is 5.37. The highest BCUT2D eigenvalue weighted by atomic mass is 19.4. The van der Waals surface area contributed by atoms with Crippen LogP contribution in [0.25, 0.3) is 0 Å². The van der Waals surface area contributed by atoms with Gasteiger partial charge < -0.3 is 5.32 Å². The Hall–Kier alpha value is -3.62. The Labute approximate surface area is 182 Å². The molecule has 0 saturated heterocycles. The Kier molecular flexibility index (Phi) is 5.73. The second-order valence-electron chi connectivity index (χ2n) is 7.70.